The largest absolute Gasteiger partial charge is 0.497 e. The van der Waals surface area contributed by atoms with E-state index in [0.29, 0.717) is 12.3 Å². The second kappa shape index (κ2) is 9.63. The summed E-state index contributed by atoms with van der Waals surface area (Å²) >= 11 is 1.91. The maximum atomic E-state index is 14.1. The van der Waals surface area contributed by atoms with Crippen molar-refractivity contribution in [3.8, 4) is 10.8 Å². The first kappa shape index (κ1) is 23.7. The lowest BCUT2D eigenvalue weighted by Gasteiger charge is -2.31. The summed E-state index contributed by atoms with van der Waals surface area (Å²) in [7, 11) is 5.72. The molecular formula is C30H32N4O2S. The molecule has 7 heteroatoms. The number of nitrogens with zero attached hydrogens (tertiary/aromatic N) is 3. The molecule has 4 aromatic rings. The van der Waals surface area contributed by atoms with Gasteiger partial charge in [0.2, 0.25) is 0 Å². The van der Waals surface area contributed by atoms with Crippen molar-refractivity contribution < 1.29 is 9.53 Å². The first-order valence-electron chi connectivity index (χ1n) is 12.8. The quantitative estimate of drug-likeness (QED) is 0.334. The molecule has 6 nitrogen and oxygen atoms in total. The molecule has 0 unspecified atom stereocenters. The van der Waals surface area contributed by atoms with Crippen molar-refractivity contribution in [2.24, 2.45) is 0 Å². The monoisotopic (exact) mass is 512 g/mol. The van der Waals surface area contributed by atoms with Crippen molar-refractivity contribution in [2.75, 3.05) is 31.4 Å². The van der Waals surface area contributed by atoms with Gasteiger partial charge in [-0.25, -0.2) is 4.79 Å². The van der Waals surface area contributed by atoms with Crippen LogP contribution >= 0.6 is 11.3 Å². The molecule has 1 atom stereocenters. The summed E-state index contributed by atoms with van der Waals surface area (Å²) in [6, 6.07) is 20.0. The molecule has 37 heavy (non-hydrogen) atoms. The zero-order chi connectivity index (χ0) is 25.5. The number of rotatable bonds is 4. The Bertz CT molecular complexity index is 1440. The second-order valence-corrected chi connectivity index (χ2v) is 11.1. The van der Waals surface area contributed by atoms with E-state index in [2.05, 4.69) is 57.4 Å². The van der Waals surface area contributed by atoms with E-state index >= 15 is 0 Å². The Balaban J connectivity index is 1.47. The van der Waals surface area contributed by atoms with Crippen molar-refractivity contribution in [2.45, 2.75) is 38.3 Å². The number of benzene rings is 2. The van der Waals surface area contributed by atoms with Crippen molar-refractivity contribution >= 4 is 28.7 Å². The van der Waals surface area contributed by atoms with Crippen molar-refractivity contribution in [3.63, 3.8) is 0 Å². The molecule has 2 aromatic heterocycles. The number of anilines is 2. The Labute approximate surface area is 222 Å². The van der Waals surface area contributed by atoms with Crippen molar-refractivity contribution in [3.05, 3.63) is 94.1 Å². The summed E-state index contributed by atoms with van der Waals surface area (Å²) in [5.74, 6) is 0.715. The molecule has 3 heterocycles. The molecule has 6 rings (SSSR count). The first-order chi connectivity index (χ1) is 18.0. The fourth-order valence-electron chi connectivity index (χ4n) is 5.59. The van der Waals surface area contributed by atoms with Gasteiger partial charge in [-0.15, -0.1) is 11.3 Å². The lowest BCUT2D eigenvalue weighted by molar-refractivity contribution is 0.194. The van der Waals surface area contributed by atoms with Crippen LogP contribution in [-0.2, 0) is 19.4 Å². The Morgan fingerprint density at radius 1 is 1.03 bits per heavy atom. The van der Waals surface area contributed by atoms with E-state index < -0.39 is 0 Å². The highest BCUT2D eigenvalue weighted by Gasteiger charge is 2.36. The van der Waals surface area contributed by atoms with Gasteiger partial charge >= 0.3 is 6.03 Å². The predicted octanol–water partition coefficient (Wildman–Crippen LogP) is 6.63. The maximum Gasteiger partial charge on any atom is 0.322 e. The first-order valence-corrected chi connectivity index (χ1v) is 13.6. The normalized spacial score (nSPS) is 16.3. The highest BCUT2D eigenvalue weighted by molar-refractivity contribution is 7.15. The Morgan fingerprint density at radius 3 is 2.62 bits per heavy atom. The van der Waals surface area contributed by atoms with E-state index in [0.717, 1.165) is 35.5 Å². The lowest BCUT2D eigenvalue weighted by Crippen LogP contribution is -2.38. The summed E-state index contributed by atoms with van der Waals surface area (Å²) in [5.41, 5.74) is 6.80. The third kappa shape index (κ3) is 4.27. The number of amides is 2. The molecular weight excluding hydrogens is 480 g/mol. The molecule has 0 fully saturated rings. The van der Waals surface area contributed by atoms with Gasteiger partial charge in [-0.05, 0) is 73.2 Å². The Hall–Kier alpha value is -3.71. The second-order valence-electron chi connectivity index (χ2n) is 9.98. The number of aryl methyl sites for hydroxylation is 1. The number of hydrogen-bond donors (Lipinski definition) is 1. The third-order valence-corrected chi connectivity index (χ3v) is 8.82. The van der Waals surface area contributed by atoms with Crippen LogP contribution in [0.4, 0.5) is 16.2 Å². The predicted molar refractivity (Wildman–Crippen MR) is 150 cm³/mol. The molecule has 0 spiro atoms. The number of aromatic nitrogens is 1. The minimum absolute atomic E-state index is 0.119. The number of carbonyl (C=O) groups excluding carboxylic acids is 1. The minimum atomic E-state index is -0.226. The van der Waals surface area contributed by atoms with Gasteiger partial charge in [0.15, 0.2) is 0 Å². The van der Waals surface area contributed by atoms with E-state index in [9.17, 15) is 4.79 Å². The maximum absolute atomic E-state index is 14.1. The molecule has 0 saturated heterocycles. The van der Waals surface area contributed by atoms with Crippen molar-refractivity contribution in [1.82, 2.24) is 9.47 Å². The van der Waals surface area contributed by atoms with Gasteiger partial charge in [0, 0.05) is 48.2 Å². The van der Waals surface area contributed by atoms with Crippen LogP contribution < -0.4 is 15.0 Å². The van der Waals surface area contributed by atoms with E-state index in [1.54, 1.807) is 7.11 Å². The molecule has 1 aliphatic carbocycles. The van der Waals surface area contributed by atoms with Gasteiger partial charge in [-0.3, -0.25) is 0 Å². The molecule has 0 saturated carbocycles. The summed E-state index contributed by atoms with van der Waals surface area (Å²) in [6.45, 7) is 0.568. The number of ether oxygens (including phenoxy) is 1. The van der Waals surface area contributed by atoms with Crippen LogP contribution in [0.2, 0.25) is 0 Å². The number of urea groups is 1. The van der Waals surface area contributed by atoms with Gasteiger partial charge in [-0.1, -0.05) is 18.2 Å². The van der Waals surface area contributed by atoms with Crippen LogP contribution in [0.3, 0.4) is 0 Å². The molecule has 0 radical (unpaired) electrons. The van der Waals surface area contributed by atoms with E-state index in [1.165, 1.54) is 33.8 Å². The van der Waals surface area contributed by atoms with Gasteiger partial charge in [0.05, 0.1) is 25.4 Å². The summed E-state index contributed by atoms with van der Waals surface area (Å²) in [6.07, 6.45) is 6.83. The molecule has 2 aromatic carbocycles. The standard InChI is InChI=1S/C30H32N4O2S/c1-32(2)22-15-13-20(14-16-22)28-26-11-7-17-33(26)29-25(24-10-4-5-12-27(24)37-29)19-34(28)30(35)31-21-8-6-9-23(18-21)36-3/h6-9,11,13-18,28H,4-5,10,12,19H2,1-3H3,(H,31,35)/t28-/m1/s1. The van der Waals surface area contributed by atoms with Crippen LogP contribution in [-0.4, -0.2) is 36.7 Å². The highest BCUT2D eigenvalue weighted by Crippen LogP contribution is 2.44. The van der Waals surface area contributed by atoms with Crippen LogP contribution in [0.1, 0.15) is 46.1 Å². The molecule has 1 N–H and O–H groups in total. The highest BCUT2D eigenvalue weighted by atomic mass is 32.1. The average molecular weight is 513 g/mol. The van der Waals surface area contributed by atoms with Crippen LogP contribution in [0.15, 0.2) is 66.9 Å². The molecule has 0 bridgehead atoms. The van der Waals surface area contributed by atoms with E-state index in [4.69, 9.17) is 4.74 Å². The Morgan fingerprint density at radius 2 is 1.84 bits per heavy atom. The number of thiophene rings is 1. The Kier molecular flexibility index (Phi) is 6.16. The average Bonchev–Trinajstić information content (AvgIpc) is 3.50. The fourth-order valence-corrected chi connectivity index (χ4v) is 6.99. The fraction of sp³-hybridized carbons (Fsp3) is 0.300. The van der Waals surface area contributed by atoms with Crippen LogP contribution in [0, 0.1) is 0 Å². The number of nitrogens with one attached hydrogen (secondary N) is 1. The molecule has 190 valence electrons. The van der Waals surface area contributed by atoms with Gasteiger partial charge in [0.25, 0.3) is 0 Å². The third-order valence-electron chi connectivity index (χ3n) is 7.49. The molecule has 2 amide bonds. The number of hydrogen-bond acceptors (Lipinski definition) is 4. The number of fused-ring (bicyclic) bond motifs is 5. The van der Waals surface area contributed by atoms with Gasteiger partial charge < -0.3 is 24.4 Å². The van der Waals surface area contributed by atoms with E-state index in [-0.39, 0.29) is 12.1 Å². The topological polar surface area (TPSA) is 49.7 Å². The summed E-state index contributed by atoms with van der Waals surface area (Å²) in [5, 5.41) is 4.42. The molecule has 2 aliphatic rings. The SMILES string of the molecule is COc1cccc(NC(=O)N2Cc3c(sc4c3CCCC4)-n3cccc3[C@H]2c2ccc(N(C)C)cc2)c1. The van der Waals surface area contributed by atoms with Crippen molar-refractivity contribution in [1.29, 1.82) is 0 Å². The minimum Gasteiger partial charge on any atom is -0.497 e. The van der Waals surface area contributed by atoms with Gasteiger partial charge in [-0.2, -0.15) is 0 Å². The zero-order valence-electron chi connectivity index (χ0n) is 21.5. The zero-order valence-corrected chi connectivity index (χ0v) is 22.3. The number of carbonyl (C=O) groups is 1. The van der Waals surface area contributed by atoms with E-state index in [1.807, 2.05) is 54.6 Å². The number of methoxy groups -OCH3 is 1. The summed E-state index contributed by atoms with van der Waals surface area (Å²) in [4.78, 5) is 19.7. The molecule has 1 aliphatic heterocycles. The summed E-state index contributed by atoms with van der Waals surface area (Å²) < 4.78 is 7.71. The van der Waals surface area contributed by atoms with Crippen LogP contribution in [0.25, 0.3) is 5.00 Å². The van der Waals surface area contributed by atoms with Crippen LogP contribution in [0.5, 0.6) is 5.75 Å². The van der Waals surface area contributed by atoms with Gasteiger partial charge in [0.1, 0.15) is 10.8 Å². The lowest BCUT2D eigenvalue weighted by atomic mass is 9.95. The smallest absolute Gasteiger partial charge is 0.322 e.